The van der Waals surface area contributed by atoms with Gasteiger partial charge in [-0.1, -0.05) is 42.5 Å². The number of nitrogens with one attached hydrogen (secondary N) is 1. The Morgan fingerprint density at radius 1 is 0.900 bits per heavy atom. The molecule has 0 fully saturated rings. The smallest absolute Gasteiger partial charge is 0.339 e. The van der Waals surface area contributed by atoms with Crippen molar-refractivity contribution in [1.82, 2.24) is 15.0 Å². The molecule has 146 valence electrons. The molecule has 5 aromatic rings. The highest BCUT2D eigenvalue weighted by Crippen LogP contribution is 2.32. The number of esters is 1. The molecule has 0 atom stereocenters. The summed E-state index contributed by atoms with van der Waals surface area (Å²) in [4.78, 5) is 36.7. The van der Waals surface area contributed by atoms with E-state index in [0.29, 0.717) is 27.9 Å². The number of thiazole rings is 1. The van der Waals surface area contributed by atoms with Gasteiger partial charge in [-0.05, 0) is 30.3 Å². The first-order valence-corrected chi connectivity index (χ1v) is 10.1. The van der Waals surface area contributed by atoms with Gasteiger partial charge in [0.25, 0.3) is 5.56 Å². The monoisotopic (exact) mass is 413 g/mol. The van der Waals surface area contributed by atoms with E-state index in [4.69, 9.17) is 4.74 Å². The molecule has 0 radical (unpaired) electrons. The van der Waals surface area contributed by atoms with E-state index in [2.05, 4.69) is 15.0 Å². The predicted molar refractivity (Wildman–Crippen MR) is 117 cm³/mol. The van der Waals surface area contributed by atoms with E-state index < -0.39 is 5.97 Å². The number of nitrogens with zero attached hydrogens (tertiary/aromatic N) is 2. The Labute approximate surface area is 174 Å². The van der Waals surface area contributed by atoms with E-state index in [1.807, 2.05) is 36.4 Å². The van der Waals surface area contributed by atoms with Crippen LogP contribution in [0, 0.1) is 0 Å². The number of H-pyrrole nitrogens is 1. The first kappa shape index (κ1) is 18.2. The van der Waals surface area contributed by atoms with Crippen molar-refractivity contribution < 1.29 is 9.53 Å². The molecule has 0 aliphatic carbocycles. The Bertz CT molecular complexity index is 1420. The number of para-hydroxylation sites is 2. The molecule has 6 nitrogen and oxygen atoms in total. The molecule has 0 saturated carbocycles. The summed E-state index contributed by atoms with van der Waals surface area (Å²) in [6.45, 7) is -0.132. The quantitative estimate of drug-likeness (QED) is 0.437. The lowest BCUT2D eigenvalue weighted by molar-refractivity contribution is 0.0463. The third kappa shape index (κ3) is 3.35. The summed E-state index contributed by atoms with van der Waals surface area (Å²) in [7, 11) is 0. The topological polar surface area (TPSA) is 84.9 Å². The van der Waals surface area contributed by atoms with Crippen molar-refractivity contribution in [3.05, 3.63) is 94.5 Å². The number of rotatable bonds is 4. The van der Waals surface area contributed by atoms with E-state index in [1.165, 1.54) is 11.3 Å². The van der Waals surface area contributed by atoms with Gasteiger partial charge in [0.15, 0.2) is 0 Å². The van der Waals surface area contributed by atoms with Crippen LogP contribution in [-0.4, -0.2) is 20.9 Å². The van der Waals surface area contributed by atoms with Crippen LogP contribution in [0.4, 0.5) is 0 Å². The normalized spacial score (nSPS) is 11.1. The molecule has 1 N–H and O–H groups in total. The van der Waals surface area contributed by atoms with E-state index in [-0.39, 0.29) is 12.2 Å². The lowest BCUT2D eigenvalue weighted by Crippen LogP contribution is -2.14. The van der Waals surface area contributed by atoms with Gasteiger partial charge in [0.05, 0.1) is 26.7 Å². The van der Waals surface area contributed by atoms with Gasteiger partial charge < -0.3 is 9.72 Å². The zero-order chi connectivity index (χ0) is 20.5. The van der Waals surface area contributed by atoms with Gasteiger partial charge in [-0.25, -0.2) is 14.8 Å². The second kappa shape index (κ2) is 7.53. The molecular formula is C23H15N3O3S. The summed E-state index contributed by atoms with van der Waals surface area (Å²) in [6.07, 6.45) is 0. The van der Waals surface area contributed by atoms with E-state index in [9.17, 15) is 9.59 Å². The molecule has 2 aromatic heterocycles. The van der Waals surface area contributed by atoms with Crippen molar-refractivity contribution in [2.24, 2.45) is 0 Å². The zero-order valence-electron chi connectivity index (χ0n) is 15.7. The molecule has 0 aliphatic heterocycles. The number of ether oxygens (including phenoxy) is 1. The highest BCUT2D eigenvalue weighted by molar-refractivity contribution is 7.21. The molecule has 0 bridgehead atoms. The van der Waals surface area contributed by atoms with Crippen LogP contribution >= 0.6 is 11.3 Å². The average Bonchev–Trinajstić information content (AvgIpc) is 3.22. The van der Waals surface area contributed by atoms with Crippen LogP contribution in [0.1, 0.15) is 16.2 Å². The fourth-order valence-corrected chi connectivity index (χ4v) is 4.26. The third-order valence-corrected chi connectivity index (χ3v) is 5.74. The first-order chi connectivity index (χ1) is 14.7. The Hall–Kier alpha value is -3.84. The first-order valence-electron chi connectivity index (χ1n) is 9.29. The van der Waals surface area contributed by atoms with E-state index in [1.54, 1.807) is 36.4 Å². The number of aromatic nitrogens is 3. The minimum absolute atomic E-state index is 0.132. The van der Waals surface area contributed by atoms with Gasteiger partial charge >= 0.3 is 5.97 Å². The molecule has 0 amide bonds. The molecule has 0 saturated heterocycles. The minimum Gasteiger partial charge on any atom is -0.454 e. The molecular weight excluding hydrogens is 398 g/mol. The minimum atomic E-state index is -0.499. The van der Waals surface area contributed by atoms with Crippen molar-refractivity contribution in [3.8, 4) is 10.6 Å². The van der Waals surface area contributed by atoms with Crippen LogP contribution in [-0.2, 0) is 11.3 Å². The third-order valence-electron chi connectivity index (χ3n) is 4.67. The maximum atomic E-state index is 12.8. The van der Waals surface area contributed by atoms with Crippen molar-refractivity contribution >= 4 is 38.4 Å². The summed E-state index contributed by atoms with van der Waals surface area (Å²) in [5, 5.41) is 1.25. The van der Waals surface area contributed by atoms with Crippen molar-refractivity contribution in [3.63, 3.8) is 0 Å². The second-order valence-corrected chi connectivity index (χ2v) is 7.67. The van der Waals surface area contributed by atoms with Crippen LogP contribution in [0.5, 0.6) is 0 Å². The van der Waals surface area contributed by atoms with Crippen LogP contribution in [0.25, 0.3) is 31.7 Å². The largest absolute Gasteiger partial charge is 0.454 e. The molecule has 0 unspecified atom stereocenters. The number of carbonyl (C=O) groups is 1. The maximum Gasteiger partial charge on any atom is 0.339 e. The number of aromatic amines is 1. The summed E-state index contributed by atoms with van der Waals surface area (Å²) in [6, 6.07) is 22.1. The number of hydrogen-bond acceptors (Lipinski definition) is 6. The van der Waals surface area contributed by atoms with Crippen LogP contribution in [0.3, 0.4) is 0 Å². The fourth-order valence-electron chi connectivity index (χ4n) is 3.25. The number of fused-ring (bicyclic) bond motifs is 2. The lowest BCUT2D eigenvalue weighted by Gasteiger charge is -2.08. The average molecular weight is 413 g/mol. The van der Waals surface area contributed by atoms with Crippen molar-refractivity contribution in [2.75, 3.05) is 0 Å². The zero-order valence-corrected chi connectivity index (χ0v) is 16.5. The van der Waals surface area contributed by atoms with Crippen LogP contribution < -0.4 is 5.56 Å². The van der Waals surface area contributed by atoms with Gasteiger partial charge in [-0.2, -0.15) is 0 Å². The Kier molecular flexibility index (Phi) is 4.57. The van der Waals surface area contributed by atoms with Crippen LogP contribution in [0.15, 0.2) is 77.6 Å². The molecule has 2 heterocycles. The summed E-state index contributed by atoms with van der Waals surface area (Å²) < 4.78 is 6.51. The van der Waals surface area contributed by atoms with Gasteiger partial charge in [-0.15, -0.1) is 11.3 Å². The van der Waals surface area contributed by atoms with Crippen molar-refractivity contribution in [2.45, 2.75) is 6.61 Å². The summed E-state index contributed by atoms with van der Waals surface area (Å²) in [5.74, 6) is -0.204. The molecule has 0 aliphatic rings. The van der Waals surface area contributed by atoms with Gasteiger partial charge in [0, 0.05) is 5.56 Å². The molecule has 30 heavy (non-hydrogen) atoms. The van der Waals surface area contributed by atoms with E-state index >= 15 is 0 Å². The molecule has 3 aromatic carbocycles. The van der Waals surface area contributed by atoms with Gasteiger partial charge in [-0.3, -0.25) is 4.79 Å². The SMILES string of the molecule is O=C(OCc1nc2ccccc2c(=O)[nH]1)c1ccccc1-c1nc2ccccc2s1. The highest BCUT2D eigenvalue weighted by Gasteiger charge is 2.17. The predicted octanol–water partition coefficient (Wildman–Crippen LogP) is 4.56. The summed E-state index contributed by atoms with van der Waals surface area (Å²) in [5.41, 5.74) is 2.31. The standard InChI is InChI=1S/C23H15N3O3S/c27-21-16-9-3-4-10-17(16)24-20(26-21)13-29-23(28)15-8-2-1-7-14(15)22-25-18-11-5-6-12-19(18)30-22/h1-12H,13H2,(H,24,26,27). The van der Waals surface area contributed by atoms with Crippen LogP contribution in [0.2, 0.25) is 0 Å². The Morgan fingerprint density at radius 2 is 1.63 bits per heavy atom. The highest BCUT2D eigenvalue weighted by atomic mass is 32.1. The Morgan fingerprint density at radius 3 is 2.50 bits per heavy atom. The van der Waals surface area contributed by atoms with Crippen molar-refractivity contribution in [1.29, 1.82) is 0 Å². The molecule has 5 rings (SSSR count). The fraction of sp³-hybridized carbons (Fsp3) is 0.0435. The number of benzene rings is 3. The number of carbonyl (C=O) groups excluding carboxylic acids is 1. The van der Waals surface area contributed by atoms with Gasteiger partial charge in [0.2, 0.25) is 0 Å². The molecule has 7 heteroatoms. The van der Waals surface area contributed by atoms with Gasteiger partial charge in [0.1, 0.15) is 17.4 Å². The Balaban J connectivity index is 1.43. The molecule has 0 spiro atoms. The van der Waals surface area contributed by atoms with E-state index in [0.717, 1.165) is 15.2 Å². The summed E-state index contributed by atoms with van der Waals surface area (Å²) >= 11 is 1.52. The number of hydrogen-bond donors (Lipinski definition) is 1. The lowest BCUT2D eigenvalue weighted by atomic mass is 10.1. The second-order valence-electron chi connectivity index (χ2n) is 6.64. The maximum absolute atomic E-state index is 12.8.